The zero-order valence-electron chi connectivity index (χ0n) is 14.3. The van der Waals surface area contributed by atoms with Crippen molar-refractivity contribution >= 4 is 0 Å². The van der Waals surface area contributed by atoms with E-state index in [0.717, 1.165) is 69.1 Å². The number of aliphatic hydroxyl groups excluding tert-OH is 2. The van der Waals surface area contributed by atoms with Crippen molar-refractivity contribution in [3.63, 3.8) is 0 Å². The number of hydrogen-bond acceptors (Lipinski definition) is 2. The minimum atomic E-state index is -0.227. The third-order valence-corrected chi connectivity index (χ3v) is 4.14. The van der Waals surface area contributed by atoms with Crippen LogP contribution in [-0.4, -0.2) is 53.6 Å². The van der Waals surface area contributed by atoms with Crippen LogP contribution in [0.4, 0.5) is 0 Å². The van der Waals surface area contributed by atoms with Crippen LogP contribution in [0.2, 0.25) is 0 Å². The van der Waals surface area contributed by atoms with Crippen LogP contribution in [0.5, 0.6) is 0 Å². The Morgan fingerprint density at radius 1 is 0.750 bits per heavy atom. The summed E-state index contributed by atoms with van der Waals surface area (Å²) in [5.74, 6) is 0. The summed E-state index contributed by atoms with van der Waals surface area (Å²) < 4.78 is 0.809. The van der Waals surface area contributed by atoms with Crippen LogP contribution < -0.4 is 0 Å². The quantitative estimate of drug-likeness (QED) is 0.510. The number of nitrogens with zero attached hydrogens (tertiary/aromatic N) is 1. The average molecular weight is 288 g/mol. The lowest BCUT2D eigenvalue weighted by atomic mass is 10.1. The van der Waals surface area contributed by atoms with Crippen LogP contribution in [0.1, 0.15) is 72.1 Å². The minimum Gasteiger partial charge on any atom is -0.387 e. The molecule has 0 aliphatic heterocycles. The van der Waals surface area contributed by atoms with Crippen molar-refractivity contribution in [3.05, 3.63) is 0 Å². The Balaban J connectivity index is 4.39. The highest BCUT2D eigenvalue weighted by molar-refractivity contribution is 4.60. The van der Waals surface area contributed by atoms with Gasteiger partial charge in [0, 0.05) is 0 Å². The molecule has 0 saturated heterocycles. The highest BCUT2D eigenvalue weighted by Crippen LogP contribution is 2.14. The topological polar surface area (TPSA) is 40.5 Å². The number of likely N-dealkylation sites (N-methyl/N-ethyl adjacent to an activating group) is 1. The summed E-state index contributed by atoms with van der Waals surface area (Å²) in [5, 5.41) is 20.4. The van der Waals surface area contributed by atoms with Crippen LogP contribution >= 0.6 is 0 Å². The first-order chi connectivity index (χ1) is 9.47. The first-order valence-corrected chi connectivity index (χ1v) is 8.67. The van der Waals surface area contributed by atoms with Crippen molar-refractivity contribution in [2.45, 2.75) is 84.3 Å². The molecular weight excluding hydrogens is 250 g/mol. The van der Waals surface area contributed by atoms with Gasteiger partial charge in [0.05, 0.1) is 13.6 Å². The second-order valence-corrected chi connectivity index (χ2v) is 6.65. The Morgan fingerprint density at radius 3 is 1.50 bits per heavy atom. The van der Waals surface area contributed by atoms with Gasteiger partial charge in [0.25, 0.3) is 0 Å². The van der Waals surface area contributed by atoms with E-state index < -0.39 is 0 Å². The predicted octanol–water partition coefficient (Wildman–Crippen LogP) is 3.34. The van der Waals surface area contributed by atoms with Gasteiger partial charge in [-0.2, -0.15) is 0 Å². The third kappa shape index (κ3) is 9.73. The maximum absolute atomic E-state index is 10.2. The van der Waals surface area contributed by atoms with Gasteiger partial charge in [0.1, 0.15) is 25.3 Å². The molecule has 0 rings (SSSR count). The van der Waals surface area contributed by atoms with Gasteiger partial charge in [-0.05, 0) is 19.3 Å². The Morgan fingerprint density at radius 2 is 1.15 bits per heavy atom. The van der Waals surface area contributed by atoms with Crippen LogP contribution in [0, 0.1) is 0 Å². The Kier molecular flexibility index (Phi) is 11.5. The highest BCUT2D eigenvalue weighted by atomic mass is 16.3. The zero-order chi connectivity index (χ0) is 15.4. The lowest BCUT2D eigenvalue weighted by Crippen LogP contribution is -2.53. The molecule has 0 aromatic heterocycles. The molecule has 2 unspecified atom stereocenters. The summed E-state index contributed by atoms with van der Waals surface area (Å²) in [7, 11) is 2.19. The van der Waals surface area contributed by atoms with Gasteiger partial charge in [0.15, 0.2) is 0 Å². The molecule has 0 saturated carbocycles. The second-order valence-electron chi connectivity index (χ2n) is 6.65. The van der Waals surface area contributed by atoms with Crippen molar-refractivity contribution in [1.29, 1.82) is 0 Å². The van der Waals surface area contributed by atoms with Crippen LogP contribution in [-0.2, 0) is 0 Å². The van der Waals surface area contributed by atoms with Gasteiger partial charge in [-0.3, -0.25) is 0 Å². The summed E-state index contributed by atoms with van der Waals surface area (Å²) in [6.45, 7) is 9.14. The largest absolute Gasteiger partial charge is 0.387 e. The molecule has 0 fully saturated rings. The molecule has 0 aliphatic carbocycles. The number of quaternary nitrogens is 1. The molecule has 20 heavy (non-hydrogen) atoms. The molecule has 0 bridgehead atoms. The van der Waals surface area contributed by atoms with Gasteiger partial charge in [-0.15, -0.1) is 0 Å². The summed E-state index contributed by atoms with van der Waals surface area (Å²) in [4.78, 5) is 0. The summed E-state index contributed by atoms with van der Waals surface area (Å²) in [5.41, 5.74) is 0. The molecule has 0 heterocycles. The smallest absolute Gasteiger partial charge is 0.105 e. The maximum Gasteiger partial charge on any atom is 0.105 e. The van der Waals surface area contributed by atoms with Gasteiger partial charge >= 0.3 is 0 Å². The molecule has 2 atom stereocenters. The Labute approximate surface area is 126 Å². The van der Waals surface area contributed by atoms with Gasteiger partial charge in [-0.1, -0.05) is 52.9 Å². The van der Waals surface area contributed by atoms with Crippen molar-refractivity contribution in [2.24, 2.45) is 0 Å². The van der Waals surface area contributed by atoms with E-state index in [-0.39, 0.29) is 12.2 Å². The molecule has 0 aromatic rings. The number of rotatable bonds is 13. The van der Waals surface area contributed by atoms with E-state index in [0.29, 0.717) is 0 Å². The van der Waals surface area contributed by atoms with Crippen molar-refractivity contribution in [1.82, 2.24) is 0 Å². The molecule has 0 spiro atoms. The lowest BCUT2D eigenvalue weighted by Gasteiger charge is -2.38. The lowest BCUT2D eigenvalue weighted by molar-refractivity contribution is -0.915. The molecule has 122 valence electrons. The van der Waals surface area contributed by atoms with Crippen LogP contribution in [0.3, 0.4) is 0 Å². The fourth-order valence-corrected chi connectivity index (χ4v) is 2.88. The minimum absolute atomic E-state index is 0.227. The predicted molar refractivity (Wildman–Crippen MR) is 86.8 cm³/mol. The fraction of sp³-hybridized carbons (Fsp3) is 1.00. The van der Waals surface area contributed by atoms with Crippen molar-refractivity contribution < 1.29 is 14.7 Å². The van der Waals surface area contributed by atoms with E-state index in [1.807, 2.05) is 0 Å². The van der Waals surface area contributed by atoms with Crippen molar-refractivity contribution in [2.75, 3.05) is 26.7 Å². The fourth-order valence-electron chi connectivity index (χ4n) is 2.88. The number of hydrogen-bond donors (Lipinski definition) is 2. The number of unbranched alkanes of at least 4 members (excludes halogenated alkanes) is 3. The molecule has 0 amide bonds. The third-order valence-electron chi connectivity index (χ3n) is 4.14. The van der Waals surface area contributed by atoms with Crippen molar-refractivity contribution in [3.8, 4) is 0 Å². The van der Waals surface area contributed by atoms with E-state index in [4.69, 9.17) is 0 Å². The summed E-state index contributed by atoms with van der Waals surface area (Å²) >= 11 is 0. The Hall–Kier alpha value is -0.120. The number of aliphatic hydroxyl groups is 2. The molecule has 0 aromatic carbocycles. The normalized spacial score (nSPS) is 17.7. The van der Waals surface area contributed by atoms with E-state index in [1.165, 1.54) is 6.42 Å². The van der Waals surface area contributed by atoms with E-state index >= 15 is 0 Å². The SMILES string of the molecule is CCCCC(O)C[N+](C)(CCCC)CC(O)CCCC. The zero-order valence-corrected chi connectivity index (χ0v) is 14.3. The summed E-state index contributed by atoms with van der Waals surface area (Å²) in [6, 6.07) is 0. The van der Waals surface area contributed by atoms with Gasteiger partial charge in [-0.25, -0.2) is 0 Å². The standard InChI is InChI=1S/C17H38NO2/c1-5-8-11-16(19)14-18(4,13-10-7-3)15-17(20)12-9-6-2/h16-17,19-20H,5-15H2,1-4H3/q+1. The summed E-state index contributed by atoms with van der Waals surface area (Å²) in [6.07, 6.45) is 8.11. The van der Waals surface area contributed by atoms with E-state index in [1.54, 1.807) is 0 Å². The van der Waals surface area contributed by atoms with E-state index in [9.17, 15) is 10.2 Å². The maximum atomic E-state index is 10.2. The monoisotopic (exact) mass is 288 g/mol. The molecule has 0 radical (unpaired) electrons. The Bertz CT molecular complexity index is 205. The molecule has 2 N–H and O–H groups in total. The molecule has 3 heteroatoms. The molecule has 3 nitrogen and oxygen atoms in total. The molecular formula is C17H38NO2+. The average Bonchev–Trinajstić information content (AvgIpc) is 2.40. The van der Waals surface area contributed by atoms with Gasteiger partial charge in [0.2, 0.25) is 0 Å². The van der Waals surface area contributed by atoms with Crippen LogP contribution in [0.15, 0.2) is 0 Å². The molecule has 0 aliphatic rings. The first-order valence-electron chi connectivity index (χ1n) is 8.67. The second kappa shape index (κ2) is 11.5. The van der Waals surface area contributed by atoms with Gasteiger partial charge < -0.3 is 14.7 Å². The highest BCUT2D eigenvalue weighted by Gasteiger charge is 2.27. The first kappa shape index (κ1) is 19.9. The van der Waals surface area contributed by atoms with Crippen LogP contribution in [0.25, 0.3) is 0 Å². The van der Waals surface area contributed by atoms with E-state index in [2.05, 4.69) is 27.8 Å².